The smallest absolute Gasteiger partial charge is 0.411 e. The van der Waals surface area contributed by atoms with E-state index in [1.165, 1.54) is 0 Å². The number of hydrogen-bond acceptors (Lipinski definition) is 3. The molecule has 0 spiro atoms. The van der Waals surface area contributed by atoms with Gasteiger partial charge in [0.1, 0.15) is 9.93 Å². The predicted molar refractivity (Wildman–Crippen MR) is 98.6 cm³/mol. The van der Waals surface area contributed by atoms with Crippen LogP contribution in [0.3, 0.4) is 0 Å². The van der Waals surface area contributed by atoms with E-state index in [-0.39, 0.29) is 16.5 Å². The molecule has 0 radical (unpaired) electrons. The lowest BCUT2D eigenvalue weighted by molar-refractivity contribution is 0.156. The van der Waals surface area contributed by atoms with E-state index in [2.05, 4.69) is 5.32 Å². The number of carbonyl (C=O) groups is 1. The van der Waals surface area contributed by atoms with Crippen LogP contribution >= 0.6 is 30.3 Å². The third kappa shape index (κ3) is 4.02. The largest absolute Gasteiger partial charge is 0.450 e. The standard InChI is InChI=1S/C17H16Cl2NO3P/c1-2-23-17(21)20-16(15(18)19)24(22,13-9-5-3-6-10-13)14-11-7-4-8-12-14/h3-12H,2H2,1H3,(H,20,21). The lowest BCUT2D eigenvalue weighted by Gasteiger charge is -2.23. The molecule has 0 aliphatic rings. The van der Waals surface area contributed by atoms with E-state index in [1.54, 1.807) is 55.5 Å². The Balaban J connectivity index is 2.64. The summed E-state index contributed by atoms with van der Waals surface area (Å²) in [6.45, 7) is 1.83. The third-order valence-corrected chi connectivity index (χ3v) is 6.89. The molecule has 2 aromatic carbocycles. The highest BCUT2D eigenvalue weighted by Gasteiger charge is 2.35. The van der Waals surface area contributed by atoms with Crippen molar-refractivity contribution in [3.05, 3.63) is 70.6 Å². The van der Waals surface area contributed by atoms with Crippen LogP contribution in [0.1, 0.15) is 6.92 Å². The molecule has 126 valence electrons. The first-order valence-corrected chi connectivity index (χ1v) is 9.67. The summed E-state index contributed by atoms with van der Waals surface area (Å²) in [5.74, 6) is 0. The molecule has 0 saturated carbocycles. The maximum Gasteiger partial charge on any atom is 0.411 e. The van der Waals surface area contributed by atoms with E-state index >= 15 is 0 Å². The maximum absolute atomic E-state index is 14.0. The minimum absolute atomic E-state index is 0.0679. The third-order valence-electron chi connectivity index (χ3n) is 3.23. The summed E-state index contributed by atoms with van der Waals surface area (Å²) in [4.78, 5) is 11.9. The second-order valence-corrected chi connectivity index (χ2v) is 8.38. The lowest BCUT2D eigenvalue weighted by atomic mass is 10.4. The van der Waals surface area contributed by atoms with Crippen molar-refractivity contribution in [1.29, 1.82) is 0 Å². The van der Waals surface area contributed by atoms with Gasteiger partial charge in [-0.1, -0.05) is 83.9 Å². The zero-order chi connectivity index (χ0) is 17.6. The predicted octanol–water partition coefficient (Wildman–Crippen LogP) is 4.35. The molecule has 0 bridgehead atoms. The average Bonchev–Trinajstić information content (AvgIpc) is 2.60. The number of halogens is 2. The Bertz CT molecular complexity index is 731. The molecule has 0 atom stereocenters. The number of nitrogens with one attached hydrogen (secondary N) is 1. The van der Waals surface area contributed by atoms with Gasteiger partial charge in [0.05, 0.1) is 6.61 Å². The summed E-state index contributed by atoms with van der Waals surface area (Å²) in [7, 11) is -3.46. The van der Waals surface area contributed by atoms with Crippen molar-refractivity contribution < 1.29 is 14.1 Å². The summed E-state index contributed by atoms with van der Waals surface area (Å²) in [6, 6.07) is 17.5. The van der Waals surface area contributed by atoms with E-state index in [0.29, 0.717) is 10.6 Å². The van der Waals surface area contributed by atoms with Crippen molar-refractivity contribution in [1.82, 2.24) is 5.32 Å². The van der Waals surface area contributed by atoms with E-state index < -0.39 is 13.2 Å². The van der Waals surface area contributed by atoms with Crippen LogP contribution < -0.4 is 15.9 Å². The van der Waals surface area contributed by atoms with Crippen LogP contribution in [0.25, 0.3) is 0 Å². The van der Waals surface area contributed by atoms with E-state index in [9.17, 15) is 9.36 Å². The van der Waals surface area contributed by atoms with Crippen LogP contribution in [-0.4, -0.2) is 12.7 Å². The van der Waals surface area contributed by atoms with Gasteiger partial charge in [0.2, 0.25) is 0 Å². The van der Waals surface area contributed by atoms with Crippen molar-refractivity contribution >= 4 is 47.0 Å². The van der Waals surface area contributed by atoms with Crippen LogP contribution in [-0.2, 0) is 9.30 Å². The SMILES string of the molecule is CCOC(=O)NC(=C(Cl)Cl)P(=O)(c1ccccc1)c1ccccc1. The van der Waals surface area contributed by atoms with Gasteiger partial charge in [-0.05, 0) is 6.92 Å². The van der Waals surface area contributed by atoms with Crippen molar-refractivity contribution in [3.63, 3.8) is 0 Å². The Kier molecular flexibility index (Phi) is 6.50. The fourth-order valence-corrected chi connectivity index (χ4v) is 5.49. The number of amides is 1. The van der Waals surface area contributed by atoms with Gasteiger partial charge in [0, 0.05) is 10.6 Å². The molecule has 0 aliphatic carbocycles. The first-order valence-electron chi connectivity index (χ1n) is 7.21. The monoisotopic (exact) mass is 383 g/mol. The molecule has 0 heterocycles. The molecule has 4 nitrogen and oxygen atoms in total. The Morgan fingerprint density at radius 1 is 1.00 bits per heavy atom. The quantitative estimate of drug-likeness (QED) is 0.780. The number of ether oxygens (including phenoxy) is 1. The Morgan fingerprint density at radius 2 is 1.46 bits per heavy atom. The molecule has 0 unspecified atom stereocenters. The summed E-state index contributed by atoms with van der Waals surface area (Å²) < 4.78 is 18.6. The topological polar surface area (TPSA) is 55.4 Å². The molecule has 0 aliphatic heterocycles. The zero-order valence-electron chi connectivity index (χ0n) is 12.9. The van der Waals surface area contributed by atoms with Crippen LogP contribution in [0.15, 0.2) is 70.6 Å². The average molecular weight is 384 g/mol. The molecule has 7 heteroatoms. The number of benzene rings is 2. The fourth-order valence-electron chi connectivity index (χ4n) is 2.19. The van der Waals surface area contributed by atoms with Crippen molar-refractivity contribution in [2.75, 3.05) is 6.61 Å². The number of hydrogen-bond donors (Lipinski definition) is 1. The second kappa shape index (κ2) is 8.39. The molecular formula is C17H16Cl2NO3P. The molecule has 0 aromatic heterocycles. The molecule has 24 heavy (non-hydrogen) atoms. The summed E-state index contributed by atoms with van der Waals surface area (Å²) in [5.41, 5.74) is -0.0679. The molecular weight excluding hydrogens is 368 g/mol. The van der Waals surface area contributed by atoms with Crippen LogP contribution in [0.4, 0.5) is 4.79 Å². The number of carbonyl (C=O) groups excluding carboxylic acids is 1. The van der Waals surface area contributed by atoms with Gasteiger partial charge in [0.25, 0.3) is 0 Å². The first kappa shape index (κ1) is 18.6. The van der Waals surface area contributed by atoms with Crippen LogP contribution in [0.5, 0.6) is 0 Å². The van der Waals surface area contributed by atoms with Gasteiger partial charge in [-0.15, -0.1) is 0 Å². The molecule has 1 amide bonds. The van der Waals surface area contributed by atoms with Gasteiger partial charge in [-0.2, -0.15) is 0 Å². The Labute approximate surface area is 150 Å². The molecule has 0 fully saturated rings. The molecule has 1 N–H and O–H groups in total. The van der Waals surface area contributed by atoms with Gasteiger partial charge < -0.3 is 9.30 Å². The summed E-state index contributed by atoms with van der Waals surface area (Å²) in [5, 5.41) is 3.45. The number of rotatable bonds is 5. The van der Waals surface area contributed by atoms with Crippen molar-refractivity contribution in [2.45, 2.75) is 6.92 Å². The highest BCUT2D eigenvalue weighted by molar-refractivity contribution is 7.82. The van der Waals surface area contributed by atoms with Crippen molar-refractivity contribution in [2.24, 2.45) is 0 Å². The normalized spacial score (nSPS) is 10.8. The van der Waals surface area contributed by atoms with Gasteiger partial charge in [0.15, 0.2) is 7.14 Å². The first-order chi connectivity index (χ1) is 11.5. The maximum atomic E-state index is 14.0. The summed E-state index contributed by atoms with van der Waals surface area (Å²) >= 11 is 11.9. The van der Waals surface area contributed by atoms with Crippen LogP contribution in [0, 0.1) is 0 Å². The molecule has 2 aromatic rings. The second-order valence-electron chi connectivity index (χ2n) is 4.73. The lowest BCUT2D eigenvalue weighted by Crippen LogP contribution is -2.30. The zero-order valence-corrected chi connectivity index (χ0v) is 15.3. The molecule has 0 saturated heterocycles. The highest BCUT2D eigenvalue weighted by atomic mass is 35.5. The van der Waals surface area contributed by atoms with E-state index in [1.807, 2.05) is 12.1 Å². The fraction of sp³-hybridized carbons (Fsp3) is 0.118. The minimum Gasteiger partial charge on any atom is -0.450 e. The van der Waals surface area contributed by atoms with Gasteiger partial charge in [-0.3, -0.25) is 5.32 Å². The van der Waals surface area contributed by atoms with Gasteiger partial charge >= 0.3 is 6.09 Å². The van der Waals surface area contributed by atoms with Crippen molar-refractivity contribution in [3.8, 4) is 0 Å². The Hall–Kier alpha value is -1.74. The number of alkyl carbamates (subject to hydrolysis) is 1. The Morgan fingerprint density at radius 3 is 1.83 bits per heavy atom. The van der Waals surface area contributed by atoms with Gasteiger partial charge in [-0.25, -0.2) is 4.79 Å². The van der Waals surface area contributed by atoms with E-state index in [0.717, 1.165) is 0 Å². The van der Waals surface area contributed by atoms with Crippen LogP contribution in [0.2, 0.25) is 0 Å². The molecule has 2 rings (SSSR count). The highest BCUT2D eigenvalue weighted by Crippen LogP contribution is 2.52. The summed E-state index contributed by atoms with van der Waals surface area (Å²) in [6.07, 6.45) is -0.765. The van der Waals surface area contributed by atoms with E-state index in [4.69, 9.17) is 27.9 Å². The minimum atomic E-state index is -3.46.